The first kappa shape index (κ1) is 23.0. The van der Waals surface area contributed by atoms with Gasteiger partial charge in [-0.05, 0) is 36.6 Å². The maximum atomic E-state index is 12.5. The van der Waals surface area contributed by atoms with E-state index in [0.29, 0.717) is 31.7 Å². The third-order valence-corrected chi connectivity index (χ3v) is 6.68. The normalized spacial score (nSPS) is 16.8. The highest BCUT2D eigenvalue weighted by molar-refractivity contribution is 7.92. The van der Waals surface area contributed by atoms with Crippen molar-refractivity contribution >= 4 is 22.0 Å². The fourth-order valence-corrected chi connectivity index (χ4v) is 4.54. The van der Waals surface area contributed by atoms with Gasteiger partial charge in [-0.25, -0.2) is 8.42 Å². The Bertz CT molecular complexity index is 956. The van der Waals surface area contributed by atoms with E-state index in [9.17, 15) is 18.3 Å². The Morgan fingerprint density at radius 2 is 1.71 bits per heavy atom. The smallest absolute Gasteiger partial charge is 0.236 e. The molecule has 1 aliphatic heterocycles. The first-order chi connectivity index (χ1) is 14.9. The summed E-state index contributed by atoms with van der Waals surface area (Å²) in [6.45, 7) is 0.747. The Balaban J connectivity index is 1.40. The van der Waals surface area contributed by atoms with E-state index in [1.165, 1.54) is 9.71 Å². The van der Waals surface area contributed by atoms with Gasteiger partial charge in [0.25, 0.3) is 0 Å². The molecule has 0 unspecified atom stereocenters. The van der Waals surface area contributed by atoms with E-state index in [1.54, 1.807) is 18.2 Å². The van der Waals surface area contributed by atoms with Gasteiger partial charge in [0.1, 0.15) is 18.5 Å². The number of rotatable bonds is 9. The van der Waals surface area contributed by atoms with E-state index in [4.69, 9.17) is 4.74 Å². The van der Waals surface area contributed by atoms with E-state index in [0.717, 1.165) is 5.56 Å². The third-order valence-electron chi connectivity index (χ3n) is 5.11. The minimum Gasteiger partial charge on any atom is -0.491 e. The quantitative estimate of drug-likeness (QED) is 0.619. The van der Waals surface area contributed by atoms with Gasteiger partial charge in [0.2, 0.25) is 15.9 Å². The summed E-state index contributed by atoms with van der Waals surface area (Å²) in [7, 11) is -3.53. The van der Waals surface area contributed by atoms with Gasteiger partial charge in [-0.1, -0.05) is 48.5 Å². The van der Waals surface area contributed by atoms with Crippen LogP contribution in [0.25, 0.3) is 6.08 Å². The maximum Gasteiger partial charge on any atom is 0.236 e. The molecule has 0 aliphatic carbocycles. The Morgan fingerprint density at radius 1 is 1.10 bits per heavy atom. The predicted octanol–water partition coefficient (Wildman–Crippen LogP) is 2.26. The Labute approximate surface area is 183 Å². The molecule has 1 atom stereocenters. The van der Waals surface area contributed by atoms with Crippen molar-refractivity contribution in [1.82, 2.24) is 9.62 Å². The molecule has 2 N–H and O–H groups in total. The molecule has 2 aromatic carbocycles. The van der Waals surface area contributed by atoms with E-state index < -0.39 is 16.1 Å². The summed E-state index contributed by atoms with van der Waals surface area (Å²) >= 11 is 0. The van der Waals surface area contributed by atoms with Gasteiger partial charge in [0.05, 0.1) is 0 Å². The van der Waals surface area contributed by atoms with Crippen LogP contribution in [0.15, 0.2) is 66.1 Å². The molecule has 7 nitrogen and oxygen atoms in total. The lowest BCUT2D eigenvalue weighted by molar-refractivity contribution is -0.126. The number of carbonyl (C=O) groups excluding carboxylic acids is 1. The lowest BCUT2D eigenvalue weighted by Crippen LogP contribution is -2.44. The molecule has 1 amide bonds. The first-order valence-corrected chi connectivity index (χ1v) is 11.8. The van der Waals surface area contributed by atoms with Crippen molar-refractivity contribution < 1.29 is 23.1 Å². The molecule has 0 saturated carbocycles. The van der Waals surface area contributed by atoms with Crippen molar-refractivity contribution in [2.24, 2.45) is 5.92 Å². The Kier molecular flexibility index (Phi) is 8.22. The van der Waals surface area contributed by atoms with Gasteiger partial charge in [-0.3, -0.25) is 4.79 Å². The molecule has 1 aliphatic rings. The Hall–Kier alpha value is -2.68. The van der Waals surface area contributed by atoms with Crippen LogP contribution < -0.4 is 10.1 Å². The molecular weight excluding hydrogens is 416 g/mol. The number of nitrogens with one attached hydrogen (secondary N) is 1. The number of hydrogen-bond acceptors (Lipinski definition) is 5. The molecule has 0 aromatic heterocycles. The number of aliphatic hydroxyl groups is 1. The third kappa shape index (κ3) is 7.20. The molecular formula is C23H28N2O5S. The number of hydrogen-bond donors (Lipinski definition) is 2. The second-order valence-corrected chi connectivity index (χ2v) is 9.27. The van der Waals surface area contributed by atoms with E-state index in [-0.39, 0.29) is 25.0 Å². The predicted molar refractivity (Wildman–Crippen MR) is 120 cm³/mol. The summed E-state index contributed by atoms with van der Waals surface area (Å²) in [5, 5.41) is 14.0. The molecule has 1 heterocycles. The van der Waals surface area contributed by atoms with Gasteiger partial charge in [-0.15, -0.1) is 0 Å². The Morgan fingerprint density at radius 3 is 2.35 bits per heavy atom. The van der Waals surface area contributed by atoms with Gasteiger partial charge in [0.15, 0.2) is 0 Å². The minimum atomic E-state index is -3.53. The molecule has 3 rings (SSSR count). The van der Waals surface area contributed by atoms with Crippen LogP contribution >= 0.6 is 0 Å². The SMILES string of the molecule is O=C(NC[C@@H](O)COc1ccccc1)C1CCN(S(=O)(=O)/C=C/c2ccccc2)CC1. The number of aliphatic hydroxyl groups excluding tert-OH is 1. The van der Waals surface area contributed by atoms with Crippen LogP contribution in [0.1, 0.15) is 18.4 Å². The number of para-hydroxylation sites is 1. The number of benzene rings is 2. The lowest BCUT2D eigenvalue weighted by Gasteiger charge is -2.29. The van der Waals surface area contributed by atoms with Crippen LogP contribution in [0.2, 0.25) is 0 Å². The van der Waals surface area contributed by atoms with Crippen LogP contribution in [0.5, 0.6) is 5.75 Å². The van der Waals surface area contributed by atoms with E-state index >= 15 is 0 Å². The number of ether oxygens (including phenoxy) is 1. The average molecular weight is 445 g/mol. The fourth-order valence-electron chi connectivity index (χ4n) is 3.32. The molecule has 1 fully saturated rings. The van der Waals surface area contributed by atoms with Crippen LogP contribution in [-0.4, -0.2) is 56.1 Å². The zero-order valence-electron chi connectivity index (χ0n) is 17.3. The van der Waals surface area contributed by atoms with Crippen LogP contribution in [-0.2, 0) is 14.8 Å². The number of amides is 1. The summed E-state index contributed by atoms with van der Waals surface area (Å²) in [6.07, 6.45) is 1.64. The molecule has 0 spiro atoms. The highest BCUT2D eigenvalue weighted by Crippen LogP contribution is 2.21. The van der Waals surface area contributed by atoms with E-state index in [2.05, 4.69) is 5.32 Å². The maximum absolute atomic E-state index is 12.5. The standard InChI is InChI=1S/C23H28N2O5S/c26-21(18-30-22-9-5-2-6-10-22)17-24-23(27)20-11-14-25(15-12-20)31(28,29)16-13-19-7-3-1-4-8-19/h1-10,13,16,20-21,26H,11-12,14-15,17-18H2,(H,24,27)/b16-13+/t21-/m1/s1. The van der Waals surface area contributed by atoms with Gasteiger partial charge < -0.3 is 15.2 Å². The van der Waals surface area contributed by atoms with Gasteiger partial charge >= 0.3 is 0 Å². The van der Waals surface area contributed by atoms with Crippen molar-refractivity contribution in [1.29, 1.82) is 0 Å². The van der Waals surface area contributed by atoms with Crippen molar-refractivity contribution in [3.05, 3.63) is 71.6 Å². The average Bonchev–Trinajstić information content (AvgIpc) is 2.81. The number of piperidine rings is 1. The molecule has 0 bridgehead atoms. The highest BCUT2D eigenvalue weighted by atomic mass is 32.2. The lowest BCUT2D eigenvalue weighted by atomic mass is 9.97. The molecule has 1 saturated heterocycles. The minimum absolute atomic E-state index is 0.0781. The summed E-state index contributed by atoms with van der Waals surface area (Å²) in [6, 6.07) is 18.4. The molecule has 166 valence electrons. The van der Waals surface area contributed by atoms with Crippen LogP contribution in [0.4, 0.5) is 0 Å². The number of carbonyl (C=O) groups is 1. The van der Waals surface area contributed by atoms with Crippen LogP contribution in [0.3, 0.4) is 0 Å². The largest absolute Gasteiger partial charge is 0.491 e. The monoisotopic (exact) mass is 444 g/mol. The van der Waals surface area contributed by atoms with E-state index in [1.807, 2.05) is 48.5 Å². The van der Waals surface area contributed by atoms with Crippen molar-refractivity contribution in [2.45, 2.75) is 18.9 Å². The van der Waals surface area contributed by atoms with Crippen molar-refractivity contribution in [3.63, 3.8) is 0 Å². The first-order valence-electron chi connectivity index (χ1n) is 10.3. The zero-order chi connectivity index (χ0) is 22.1. The van der Waals surface area contributed by atoms with Gasteiger partial charge in [-0.2, -0.15) is 4.31 Å². The topological polar surface area (TPSA) is 95.9 Å². The van der Waals surface area contributed by atoms with Gasteiger partial charge in [0, 0.05) is 31.0 Å². The molecule has 31 heavy (non-hydrogen) atoms. The summed E-state index contributed by atoms with van der Waals surface area (Å²) in [5.41, 5.74) is 0.815. The molecule has 0 radical (unpaired) electrons. The second-order valence-electron chi connectivity index (χ2n) is 7.45. The summed E-state index contributed by atoms with van der Waals surface area (Å²) in [5.74, 6) is 0.213. The second kappa shape index (κ2) is 11.1. The highest BCUT2D eigenvalue weighted by Gasteiger charge is 2.30. The molecule has 2 aromatic rings. The number of sulfonamides is 1. The summed E-state index contributed by atoms with van der Waals surface area (Å²) in [4.78, 5) is 12.4. The zero-order valence-corrected chi connectivity index (χ0v) is 18.1. The number of nitrogens with zero attached hydrogens (tertiary/aromatic N) is 1. The fraction of sp³-hybridized carbons (Fsp3) is 0.348. The van der Waals surface area contributed by atoms with Crippen LogP contribution in [0, 0.1) is 5.92 Å². The molecule has 8 heteroatoms. The summed E-state index contributed by atoms with van der Waals surface area (Å²) < 4.78 is 31.9. The van der Waals surface area contributed by atoms with Crippen molar-refractivity contribution in [3.8, 4) is 5.75 Å². The van der Waals surface area contributed by atoms with Crippen molar-refractivity contribution in [2.75, 3.05) is 26.2 Å².